The van der Waals surface area contributed by atoms with Crippen LogP contribution in [0.3, 0.4) is 0 Å². The lowest BCUT2D eigenvalue weighted by Crippen LogP contribution is -2.30. The average molecular weight is 358 g/mol. The highest BCUT2D eigenvalue weighted by Crippen LogP contribution is 2.14. The van der Waals surface area contributed by atoms with Crippen molar-refractivity contribution in [2.24, 2.45) is 0 Å². The summed E-state index contributed by atoms with van der Waals surface area (Å²) in [4.78, 5) is 15.8. The van der Waals surface area contributed by atoms with Crippen LogP contribution in [0.4, 0.5) is 0 Å². The van der Waals surface area contributed by atoms with E-state index in [4.69, 9.17) is 4.74 Å². The van der Waals surface area contributed by atoms with Crippen molar-refractivity contribution in [2.45, 2.75) is 6.61 Å². The van der Waals surface area contributed by atoms with E-state index in [1.165, 1.54) is 12.2 Å². The number of rotatable bonds is 8. The van der Waals surface area contributed by atoms with Gasteiger partial charge in [-0.1, -0.05) is 24.3 Å². The van der Waals surface area contributed by atoms with Crippen LogP contribution < -0.4 is 9.46 Å². The Morgan fingerprint density at radius 2 is 1.96 bits per heavy atom. The molecule has 0 aliphatic carbocycles. The van der Waals surface area contributed by atoms with Gasteiger partial charge in [0.15, 0.2) is 0 Å². The molecule has 0 bridgehead atoms. The lowest BCUT2D eigenvalue weighted by molar-refractivity contribution is -0.114. The molecule has 1 heterocycles. The van der Waals surface area contributed by atoms with Crippen LogP contribution in [0.25, 0.3) is 6.08 Å². The number of ether oxygens (including phenoxy) is 1. The summed E-state index contributed by atoms with van der Waals surface area (Å²) in [6, 6.07) is 12.6. The number of benzene rings is 1. The first kappa shape index (κ1) is 18.4. The zero-order valence-corrected chi connectivity index (χ0v) is 14.3. The number of amides is 1. The van der Waals surface area contributed by atoms with E-state index >= 15 is 0 Å². The Morgan fingerprint density at radius 1 is 1.20 bits per heavy atom. The maximum absolute atomic E-state index is 11.6. The van der Waals surface area contributed by atoms with Crippen LogP contribution in [-0.4, -0.2) is 25.1 Å². The van der Waals surface area contributed by atoms with E-state index in [2.05, 4.69) is 11.6 Å². The fourth-order valence-electron chi connectivity index (χ4n) is 1.87. The van der Waals surface area contributed by atoms with Crippen molar-refractivity contribution in [1.82, 2.24) is 9.71 Å². The van der Waals surface area contributed by atoms with Gasteiger partial charge in [-0.2, -0.15) is 0 Å². The van der Waals surface area contributed by atoms with Crippen LogP contribution in [0.15, 0.2) is 67.4 Å². The van der Waals surface area contributed by atoms with Gasteiger partial charge in [-0.25, -0.2) is 13.1 Å². The molecule has 1 aromatic carbocycles. The molecule has 1 N–H and O–H groups in total. The molecule has 1 amide bonds. The monoisotopic (exact) mass is 358 g/mol. The van der Waals surface area contributed by atoms with Gasteiger partial charge in [-0.05, 0) is 35.9 Å². The van der Waals surface area contributed by atoms with Gasteiger partial charge in [0.05, 0.1) is 11.4 Å². The minimum atomic E-state index is -3.67. The number of carbonyl (C=O) groups excluding carboxylic acids is 1. The number of hydrogen-bond donors (Lipinski definition) is 1. The number of nitrogens with zero attached hydrogens (tertiary/aromatic N) is 1. The summed E-state index contributed by atoms with van der Waals surface area (Å²) in [6.45, 7) is 3.69. The molecule has 0 saturated carbocycles. The summed E-state index contributed by atoms with van der Waals surface area (Å²) in [6.07, 6.45) is 5.58. The van der Waals surface area contributed by atoms with Crippen molar-refractivity contribution in [3.05, 3.63) is 78.6 Å². The predicted molar refractivity (Wildman–Crippen MR) is 96.2 cm³/mol. The number of nitrogens with one attached hydrogen (secondary N) is 1. The molecule has 2 rings (SSSR count). The van der Waals surface area contributed by atoms with Crippen molar-refractivity contribution in [1.29, 1.82) is 0 Å². The molecule has 0 unspecified atom stereocenters. The number of aromatic nitrogens is 1. The van der Waals surface area contributed by atoms with Gasteiger partial charge in [0.1, 0.15) is 12.4 Å². The van der Waals surface area contributed by atoms with Crippen molar-refractivity contribution >= 4 is 22.0 Å². The first-order chi connectivity index (χ1) is 12.0. The second kappa shape index (κ2) is 8.79. The smallest absolute Gasteiger partial charge is 0.257 e. The molecular weight excluding hydrogens is 340 g/mol. The lowest BCUT2D eigenvalue weighted by atomic mass is 10.2. The maximum Gasteiger partial charge on any atom is 0.257 e. The van der Waals surface area contributed by atoms with E-state index in [1.807, 2.05) is 22.9 Å². The molecule has 6 nitrogen and oxygen atoms in total. The summed E-state index contributed by atoms with van der Waals surface area (Å²) >= 11 is 0. The minimum Gasteiger partial charge on any atom is -0.487 e. The zero-order chi connectivity index (χ0) is 18.1. The average Bonchev–Trinajstić information content (AvgIpc) is 2.59. The maximum atomic E-state index is 11.6. The van der Waals surface area contributed by atoms with E-state index in [1.54, 1.807) is 30.5 Å². The van der Waals surface area contributed by atoms with E-state index in [0.717, 1.165) is 17.3 Å². The van der Waals surface area contributed by atoms with Gasteiger partial charge in [0, 0.05) is 12.3 Å². The standard InChI is InChI=1S/C18H18N2O4S/c1-2-13-25(22,23)20-18(21)11-8-15-6-9-17(10-7-15)24-14-16-5-3-4-12-19-16/h2-12H,1,13-14H2,(H,20,21)/b11-8+. The van der Waals surface area contributed by atoms with E-state index in [0.29, 0.717) is 12.4 Å². The molecule has 0 radical (unpaired) electrons. The molecule has 25 heavy (non-hydrogen) atoms. The summed E-state index contributed by atoms with van der Waals surface area (Å²) < 4.78 is 30.4. The SMILES string of the molecule is C=CCS(=O)(=O)NC(=O)/C=C/c1ccc(OCc2ccccn2)cc1. The van der Waals surface area contributed by atoms with Crippen molar-refractivity contribution in [2.75, 3.05) is 5.75 Å². The summed E-state index contributed by atoms with van der Waals surface area (Å²) in [7, 11) is -3.67. The van der Waals surface area contributed by atoms with Crippen molar-refractivity contribution < 1.29 is 17.9 Å². The highest BCUT2D eigenvalue weighted by Gasteiger charge is 2.09. The van der Waals surface area contributed by atoms with Crippen LogP contribution in [0.5, 0.6) is 5.75 Å². The quantitative estimate of drug-likeness (QED) is 0.578. The Bertz CT molecular complexity index is 844. The molecule has 0 aliphatic heterocycles. The molecule has 0 saturated heterocycles. The molecule has 0 aliphatic rings. The second-order valence-electron chi connectivity index (χ2n) is 5.05. The fourth-order valence-corrected chi connectivity index (χ4v) is 2.64. The van der Waals surface area contributed by atoms with Crippen LogP contribution in [0.1, 0.15) is 11.3 Å². The number of sulfonamides is 1. The highest BCUT2D eigenvalue weighted by atomic mass is 32.2. The van der Waals surface area contributed by atoms with Gasteiger partial charge in [-0.3, -0.25) is 9.78 Å². The Balaban J connectivity index is 1.89. The summed E-state index contributed by atoms with van der Waals surface area (Å²) in [5, 5.41) is 0. The van der Waals surface area contributed by atoms with Gasteiger partial charge in [-0.15, -0.1) is 6.58 Å². The lowest BCUT2D eigenvalue weighted by Gasteiger charge is -2.05. The molecule has 0 spiro atoms. The third-order valence-corrected chi connectivity index (χ3v) is 4.20. The fraction of sp³-hybridized carbons (Fsp3) is 0.111. The molecule has 7 heteroatoms. The van der Waals surface area contributed by atoms with Gasteiger partial charge >= 0.3 is 0 Å². The molecule has 2 aromatic rings. The van der Waals surface area contributed by atoms with Gasteiger partial charge in [0.2, 0.25) is 10.0 Å². The topological polar surface area (TPSA) is 85.4 Å². The largest absolute Gasteiger partial charge is 0.487 e. The summed E-state index contributed by atoms with van der Waals surface area (Å²) in [5.41, 5.74) is 1.56. The zero-order valence-electron chi connectivity index (χ0n) is 13.5. The molecular formula is C18H18N2O4S. The van der Waals surface area contributed by atoms with Crippen molar-refractivity contribution in [3.63, 3.8) is 0 Å². The van der Waals surface area contributed by atoms with Gasteiger partial charge < -0.3 is 4.74 Å². The first-order valence-electron chi connectivity index (χ1n) is 7.45. The van der Waals surface area contributed by atoms with Crippen LogP contribution in [-0.2, 0) is 21.4 Å². The first-order valence-corrected chi connectivity index (χ1v) is 9.10. The number of pyridine rings is 1. The molecule has 1 aromatic heterocycles. The third kappa shape index (κ3) is 6.60. The van der Waals surface area contributed by atoms with E-state index < -0.39 is 15.9 Å². The molecule has 0 fully saturated rings. The normalized spacial score (nSPS) is 11.2. The highest BCUT2D eigenvalue weighted by molar-refractivity contribution is 7.90. The molecule has 0 atom stereocenters. The Labute approximate surface area is 146 Å². The minimum absolute atomic E-state index is 0.311. The van der Waals surface area contributed by atoms with Crippen LogP contribution >= 0.6 is 0 Å². The predicted octanol–water partition coefficient (Wildman–Crippen LogP) is 2.31. The Hall–Kier alpha value is -2.93. The van der Waals surface area contributed by atoms with E-state index in [-0.39, 0.29) is 5.75 Å². The van der Waals surface area contributed by atoms with E-state index in [9.17, 15) is 13.2 Å². The van der Waals surface area contributed by atoms with Crippen LogP contribution in [0, 0.1) is 0 Å². The summed E-state index contributed by atoms with van der Waals surface area (Å²) in [5.74, 6) is -0.354. The second-order valence-corrected chi connectivity index (χ2v) is 6.82. The Kier molecular flexibility index (Phi) is 6.47. The van der Waals surface area contributed by atoms with Crippen molar-refractivity contribution in [3.8, 4) is 5.75 Å². The third-order valence-electron chi connectivity index (χ3n) is 3.01. The van der Waals surface area contributed by atoms with Gasteiger partial charge in [0.25, 0.3) is 5.91 Å². The molecule has 130 valence electrons. The number of hydrogen-bond acceptors (Lipinski definition) is 5. The Morgan fingerprint density at radius 3 is 2.60 bits per heavy atom. The van der Waals surface area contributed by atoms with Crippen LogP contribution in [0.2, 0.25) is 0 Å². The number of carbonyl (C=O) groups is 1.